The summed E-state index contributed by atoms with van der Waals surface area (Å²) in [5.74, 6) is 7.98. The molecule has 0 aromatic heterocycles. The van der Waals surface area contributed by atoms with Gasteiger partial charge in [-0.1, -0.05) is 0 Å². The van der Waals surface area contributed by atoms with Gasteiger partial charge in [-0.3, -0.25) is 0 Å². The Labute approximate surface area is 238 Å². The van der Waals surface area contributed by atoms with Crippen molar-refractivity contribution in [1.82, 2.24) is 4.55 Å². The van der Waals surface area contributed by atoms with Gasteiger partial charge in [0.15, 0.2) is 0 Å². The van der Waals surface area contributed by atoms with Gasteiger partial charge in [0.05, 0.1) is 0 Å². The maximum absolute atomic E-state index is 7.98. The molecule has 0 saturated carbocycles. The van der Waals surface area contributed by atoms with Crippen molar-refractivity contribution in [3.8, 4) is 0 Å². The van der Waals surface area contributed by atoms with Crippen LogP contribution < -0.4 is 37.7 Å². The second-order valence-corrected chi connectivity index (χ2v) is 17.7. The SMILES string of the molecule is NN([PH](c1ccccc1)(c1ccccc1)c1ccccc1)[PH](c1ccccc1)(c1ccccc1)c1ccccc1. The van der Waals surface area contributed by atoms with E-state index in [1.165, 1.54) is 31.8 Å². The molecule has 0 amide bonds. The summed E-state index contributed by atoms with van der Waals surface area (Å²) in [5, 5.41) is 7.55. The minimum absolute atomic E-state index is 1.26. The molecule has 0 radical (unpaired) electrons. The van der Waals surface area contributed by atoms with E-state index in [0.717, 1.165) is 0 Å². The monoisotopic (exact) mass is 556 g/mol. The second kappa shape index (κ2) is 11.7. The normalized spacial score (nSPS) is 12.7. The van der Waals surface area contributed by atoms with Crippen molar-refractivity contribution in [2.75, 3.05) is 0 Å². The Balaban J connectivity index is 1.81. The Morgan fingerprint density at radius 2 is 0.425 bits per heavy atom. The number of hydrogen-bond donors (Lipinski definition) is 1. The first-order valence-electron chi connectivity index (χ1n) is 13.7. The zero-order valence-corrected chi connectivity index (χ0v) is 24.3. The molecule has 6 rings (SSSR count). The van der Waals surface area contributed by atoms with Crippen molar-refractivity contribution in [2.45, 2.75) is 0 Å². The van der Waals surface area contributed by atoms with Gasteiger partial charge in [0.1, 0.15) is 0 Å². The Kier molecular flexibility index (Phi) is 7.69. The zero-order valence-electron chi connectivity index (χ0n) is 22.3. The fourth-order valence-corrected chi connectivity index (χ4v) is 18.2. The molecule has 6 aromatic carbocycles. The van der Waals surface area contributed by atoms with Crippen LogP contribution in [0.25, 0.3) is 0 Å². The van der Waals surface area contributed by atoms with Crippen LogP contribution in [0.1, 0.15) is 0 Å². The molecule has 0 spiro atoms. The second-order valence-electron chi connectivity index (χ2n) is 9.99. The predicted molar refractivity (Wildman–Crippen MR) is 179 cm³/mol. The molecule has 198 valence electrons. The van der Waals surface area contributed by atoms with Crippen LogP contribution in [0.5, 0.6) is 0 Å². The fraction of sp³-hybridized carbons (Fsp3) is 0. The Hall–Kier alpha value is -3.90. The molecule has 40 heavy (non-hydrogen) atoms. The first kappa shape index (κ1) is 26.3. The number of rotatable bonds is 8. The van der Waals surface area contributed by atoms with Gasteiger partial charge in [0, 0.05) is 0 Å². The van der Waals surface area contributed by atoms with Crippen molar-refractivity contribution in [2.24, 2.45) is 5.84 Å². The molecule has 0 bridgehead atoms. The van der Waals surface area contributed by atoms with Gasteiger partial charge in [0.25, 0.3) is 0 Å². The summed E-state index contributed by atoms with van der Waals surface area (Å²) in [6.45, 7) is 0. The van der Waals surface area contributed by atoms with Gasteiger partial charge in [-0.2, -0.15) is 0 Å². The molecule has 4 heteroatoms. The molecule has 0 aliphatic carbocycles. The number of nitrogens with zero attached hydrogens (tertiary/aromatic N) is 1. The van der Waals surface area contributed by atoms with Crippen molar-refractivity contribution in [3.05, 3.63) is 182 Å². The summed E-state index contributed by atoms with van der Waals surface area (Å²) in [5.41, 5.74) is 0. The average molecular weight is 557 g/mol. The molecule has 0 aliphatic heterocycles. The van der Waals surface area contributed by atoms with Crippen LogP contribution >= 0.6 is 14.8 Å². The standard InChI is InChI=1S/C36H34N2P2/c37-38(39(31-19-7-1-8-20-31,32-21-9-2-10-22-32)33-23-11-3-12-24-33)40(34-25-13-4-14-26-34,35-27-15-5-16-28-35)36-29-17-6-18-30-36/h1-30,39-40H,37H2. The molecule has 0 fully saturated rings. The van der Waals surface area contributed by atoms with Crippen molar-refractivity contribution >= 4 is 46.7 Å². The maximum atomic E-state index is 7.98. The third kappa shape index (κ3) is 4.40. The Bertz CT molecular complexity index is 1310. The summed E-state index contributed by atoms with van der Waals surface area (Å²) >= 11 is 0. The van der Waals surface area contributed by atoms with Crippen LogP contribution in [0.4, 0.5) is 0 Å². The van der Waals surface area contributed by atoms with E-state index in [0.29, 0.717) is 0 Å². The van der Waals surface area contributed by atoms with E-state index in [4.69, 9.17) is 5.84 Å². The third-order valence-electron chi connectivity index (χ3n) is 7.87. The van der Waals surface area contributed by atoms with Gasteiger partial charge in [0.2, 0.25) is 0 Å². The summed E-state index contributed by atoms with van der Waals surface area (Å²) in [6.07, 6.45) is 0. The third-order valence-corrected chi connectivity index (χ3v) is 18.3. The predicted octanol–water partition coefficient (Wildman–Crippen LogP) is 5.44. The van der Waals surface area contributed by atoms with E-state index in [1.54, 1.807) is 0 Å². The van der Waals surface area contributed by atoms with E-state index in [-0.39, 0.29) is 0 Å². The molecule has 6 aromatic rings. The fourth-order valence-electron chi connectivity index (χ4n) is 6.16. The van der Waals surface area contributed by atoms with E-state index in [1.807, 2.05) is 0 Å². The van der Waals surface area contributed by atoms with Crippen LogP contribution in [-0.2, 0) is 0 Å². The molecule has 0 heterocycles. The van der Waals surface area contributed by atoms with Gasteiger partial charge in [-0.05, 0) is 0 Å². The van der Waals surface area contributed by atoms with Crippen LogP contribution in [0.2, 0.25) is 0 Å². The molecule has 2 N–H and O–H groups in total. The molecule has 0 atom stereocenters. The number of hydrogen-bond acceptors (Lipinski definition) is 2. The number of benzene rings is 6. The molecular weight excluding hydrogens is 522 g/mol. The first-order chi connectivity index (χ1) is 19.8. The van der Waals surface area contributed by atoms with Gasteiger partial charge in [-0.25, -0.2) is 0 Å². The van der Waals surface area contributed by atoms with Gasteiger partial charge in [-0.15, -0.1) is 0 Å². The molecular formula is C36H34N2P2. The summed E-state index contributed by atoms with van der Waals surface area (Å²) < 4.78 is 2.38. The Morgan fingerprint density at radius 1 is 0.275 bits per heavy atom. The first-order valence-corrected chi connectivity index (χ1v) is 17.6. The summed E-state index contributed by atoms with van der Waals surface area (Å²) in [6, 6.07) is 65.6. The Morgan fingerprint density at radius 3 is 0.575 bits per heavy atom. The number of nitrogens with two attached hydrogens (primary N) is 1. The van der Waals surface area contributed by atoms with Crippen molar-refractivity contribution < 1.29 is 0 Å². The topological polar surface area (TPSA) is 29.3 Å². The zero-order chi connectivity index (χ0) is 27.3. The average Bonchev–Trinajstić information content (AvgIpc) is 3.05. The van der Waals surface area contributed by atoms with Gasteiger partial charge < -0.3 is 0 Å². The minimum atomic E-state index is -3.04. The van der Waals surface area contributed by atoms with Crippen molar-refractivity contribution in [1.29, 1.82) is 0 Å². The molecule has 0 saturated heterocycles. The van der Waals surface area contributed by atoms with E-state index < -0.39 is 14.8 Å². The van der Waals surface area contributed by atoms with E-state index >= 15 is 0 Å². The van der Waals surface area contributed by atoms with Gasteiger partial charge >= 0.3 is 239 Å². The molecule has 0 unspecified atom stereocenters. The van der Waals surface area contributed by atoms with Crippen LogP contribution in [0.15, 0.2) is 182 Å². The number of hydrazine groups is 1. The molecule has 0 aliphatic rings. The van der Waals surface area contributed by atoms with Crippen LogP contribution in [0.3, 0.4) is 0 Å². The summed E-state index contributed by atoms with van der Waals surface area (Å²) in [4.78, 5) is 0. The summed E-state index contributed by atoms with van der Waals surface area (Å²) in [7, 11) is -6.08. The van der Waals surface area contributed by atoms with Crippen LogP contribution in [0, 0.1) is 0 Å². The van der Waals surface area contributed by atoms with E-state index in [2.05, 4.69) is 187 Å². The molecule has 2 nitrogen and oxygen atoms in total. The van der Waals surface area contributed by atoms with E-state index in [9.17, 15) is 0 Å². The quantitative estimate of drug-likeness (QED) is 0.154. The van der Waals surface area contributed by atoms with Crippen LogP contribution in [-0.4, -0.2) is 4.55 Å². The van der Waals surface area contributed by atoms with Crippen molar-refractivity contribution in [3.63, 3.8) is 0 Å².